The van der Waals surface area contributed by atoms with Gasteiger partial charge in [0, 0.05) is 24.6 Å². The molecule has 2 aliphatic rings. The smallest absolute Gasteiger partial charge is 0.241 e. The summed E-state index contributed by atoms with van der Waals surface area (Å²) in [5.41, 5.74) is 3.47. The van der Waals surface area contributed by atoms with Crippen LogP contribution in [0.1, 0.15) is 55.5 Å². The lowest BCUT2D eigenvalue weighted by atomic mass is 9.96. The number of carbonyl (C=O) groups excluding carboxylic acids is 1. The number of nitrogens with one attached hydrogen (secondary N) is 1. The molecule has 5 rings (SSSR count). The van der Waals surface area contributed by atoms with Crippen LogP contribution in [0.2, 0.25) is 0 Å². The van der Waals surface area contributed by atoms with E-state index in [9.17, 15) is 4.79 Å². The van der Waals surface area contributed by atoms with Crippen LogP contribution in [-0.4, -0.2) is 52.0 Å². The van der Waals surface area contributed by atoms with E-state index < -0.39 is 0 Å². The molecule has 0 bridgehead atoms. The number of rotatable bonds is 8. The van der Waals surface area contributed by atoms with E-state index in [1.807, 2.05) is 30.3 Å². The normalized spacial score (nSPS) is 18.1. The highest BCUT2D eigenvalue weighted by Gasteiger charge is 2.26. The number of piperidine rings is 1. The Morgan fingerprint density at radius 2 is 1.58 bits per heavy atom. The van der Waals surface area contributed by atoms with Gasteiger partial charge in [0.1, 0.15) is 0 Å². The number of likely N-dealkylation sites (tertiary alicyclic amines) is 2. The maximum absolute atomic E-state index is 12.9. The Hall–Kier alpha value is -3.03. The van der Waals surface area contributed by atoms with E-state index in [-0.39, 0.29) is 11.8 Å². The first-order chi connectivity index (χ1) is 17.7. The molecule has 0 atom stereocenters. The highest BCUT2D eigenvalue weighted by Crippen LogP contribution is 2.21. The number of nitrogens with zero attached hydrogens (tertiary/aromatic N) is 4. The molecule has 190 valence electrons. The Bertz CT molecular complexity index is 1100. The largest absolute Gasteiger partial charge is 0.352 e. The highest BCUT2D eigenvalue weighted by atomic mass is 16.5. The number of hydrogen-bond acceptors (Lipinski definition) is 6. The average molecular weight is 488 g/mol. The zero-order chi connectivity index (χ0) is 24.6. The molecule has 0 saturated carbocycles. The standard InChI is InChI=1S/C29H37N5O2/c35-29(30-20-23-9-8-10-24(19-23)21-33-15-6-1-2-7-16-33)26-13-17-34(18-14-26)22-27-31-28(32-36-27)25-11-4-3-5-12-25/h3-5,8-12,19,26H,1-2,6-7,13-18,20-22H2,(H,30,35). The Balaban J connectivity index is 1.05. The number of benzene rings is 2. The van der Waals surface area contributed by atoms with Crippen LogP contribution < -0.4 is 5.32 Å². The second-order valence-corrected chi connectivity index (χ2v) is 10.2. The summed E-state index contributed by atoms with van der Waals surface area (Å²) in [7, 11) is 0. The monoisotopic (exact) mass is 487 g/mol. The fraction of sp³-hybridized carbons (Fsp3) is 0.483. The SMILES string of the molecule is O=C(NCc1cccc(CN2CCCCCC2)c1)C1CCN(Cc2nc(-c3ccccc3)no2)CC1. The van der Waals surface area contributed by atoms with Gasteiger partial charge >= 0.3 is 0 Å². The summed E-state index contributed by atoms with van der Waals surface area (Å²) in [6.07, 6.45) is 7.01. The number of carbonyl (C=O) groups is 1. The van der Waals surface area contributed by atoms with Crippen molar-refractivity contribution in [1.82, 2.24) is 25.3 Å². The van der Waals surface area contributed by atoms with Crippen LogP contribution in [0, 0.1) is 5.92 Å². The van der Waals surface area contributed by atoms with Crippen molar-refractivity contribution in [3.8, 4) is 11.4 Å². The Labute approximate surface area is 213 Å². The fourth-order valence-electron chi connectivity index (χ4n) is 5.29. The molecule has 7 nitrogen and oxygen atoms in total. The van der Waals surface area contributed by atoms with Crippen LogP contribution in [0.25, 0.3) is 11.4 Å². The van der Waals surface area contributed by atoms with Gasteiger partial charge < -0.3 is 9.84 Å². The third-order valence-corrected chi connectivity index (χ3v) is 7.38. The van der Waals surface area contributed by atoms with Crippen molar-refractivity contribution in [3.05, 3.63) is 71.6 Å². The van der Waals surface area contributed by atoms with Gasteiger partial charge in [-0.05, 0) is 63.0 Å². The summed E-state index contributed by atoms with van der Waals surface area (Å²) in [5, 5.41) is 7.30. The maximum atomic E-state index is 12.9. The van der Waals surface area contributed by atoms with Gasteiger partial charge in [-0.1, -0.05) is 72.6 Å². The molecule has 1 aromatic heterocycles. The number of aromatic nitrogens is 2. The van der Waals surface area contributed by atoms with Crippen molar-refractivity contribution in [1.29, 1.82) is 0 Å². The highest BCUT2D eigenvalue weighted by molar-refractivity contribution is 5.78. The quantitative estimate of drug-likeness (QED) is 0.499. The molecule has 2 saturated heterocycles. The summed E-state index contributed by atoms with van der Waals surface area (Å²) in [4.78, 5) is 22.3. The van der Waals surface area contributed by atoms with Crippen LogP contribution in [0.3, 0.4) is 0 Å². The topological polar surface area (TPSA) is 74.5 Å². The van der Waals surface area contributed by atoms with Crippen molar-refractivity contribution in [2.75, 3.05) is 26.2 Å². The summed E-state index contributed by atoms with van der Waals surface area (Å²) in [6, 6.07) is 18.6. The third-order valence-electron chi connectivity index (χ3n) is 7.38. The van der Waals surface area contributed by atoms with Crippen molar-refractivity contribution >= 4 is 5.91 Å². The van der Waals surface area contributed by atoms with E-state index in [0.29, 0.717) is 24.8 Å². The molecular formula is C29H37N5O2. The van der Waals surface area contributed by atoms with Crippen molar-refractivity contribution in [3.63, 3.8) is 0 Å². The van der Waals surface area contributed by atoms with Crippen LogP contribution in [0.15, 0.2) is 59.1 Å². The first-order valence-corrected chi connectivity index (χ1v) is 13.4. The van der Waals surface area contributed by atoms with Gasteiger partial charge in [-0.2, -0.15) is 4.98 Å². The number of amides is 1. The molecule has 7 heteroatoms. The van der Waals surface area contributed by atoms with Gasteiger partial charge in [0.15, 0.2) is 0 Å². The van der Waals surface area contributed by atoms with Gasteiger partial charge in [0.2, 0.25) is 17.6 Å². The molecule has 2 aliphatic heterocycles. The molecule has 0 aliphatic carbocycles. The minimum atomic E-state index is 0.0593. The molecule has 3 aromatic rings. The molecule has 2 aromatic carbocycles. The molecule has 36 heavy (non-hydrogen) atoms. The molecule has 0 spiro atoms. The third kappa shape index (κ3) is 6.80. The number of hydrogen-bond donors (Lipinski definition) is 1. The van der Waals surface area contributed by atoms with Gasteiger partial charge in [-0.3, -0.25) is 14.6 Å². The maximum Gasteiger partial charge on any atom is 0.241 e. The minimum absolute atomic E-state index is 0.0593. The zero-order valence-electron chi connectivity index (χ0n) is 21.1. The Morgan fingerprint density at radius 1 is 0.861 bits per heavy atom. The molecule has 2 fully saturated rings. The van der Waals surface area contributed by atoms with Crippen molar-refractivity contribution in [2.45, 2.75) is 58.2 Å². The van der Waals surface area contributed by atoms with E-state index in [1.165, 1.54) is 49.9 Å². The predicted octanol–water partition coefficient (Wildman–Crippen LogP) is 4.64. The van der Waals surface area contributed by atoms with E-state index in [4.69, 9.17) is 4.52 Å². The summed E-state index contributed by atoms with van der Waals surface area (Å²) >= 11 is 0. The average Bonchev–Trinajstić information content (AvgIpc) is 3.23. The zero-order valence-corrected chi connectivity index (χ0v) is 21.1. The van der Waals surface area contributed by atoms with E-state index in [0.717, 1.165) is 38.0 Å². The van der Waals surface area contributed by atoms with Crippen LogP contribution in [-0.2, 0) is 24.4 Å². The van der Waals surface area contributed by atoms with Gasteiger partial charge in [-0.15, -0.1) is 0 Å². The van der Waals surface area contributed by atoms with Crippen molar-refractivity contribution in [2.24, 2.45) is 5.92 Å². The molecule has 0 radical (unpaired) electrons. The van der Waals surface area contributed by atoms with E-state index >= 15 is 0 Å². The Kier molecular flexibility index (Phi) is 8.41. The van der Waals surface area contributed by atoms with Crippen LogP contribution >= 0.6 is 0 Å². The van der Waals surface area contributed by atoms with Crippen LogP contribution in [0.4, 0.5) is 0 Å². The predicted molar refractivity (Wildman–Crippen MR) is 140 cm³/mol. The minimum Gasteiger partial charge on any atom is -0.352 e. The lowest BCUT2D eigenvalue weighted by molar-refractivity contribution is -0.126. The van der Waals surface area contributed by atoms with E-state index in [2.05, 4.69) is 49.5 Å². The summed E-state index contributed by atoms with van der Waals surface area (Å²) in [6.45, 7) is 6.32. The van der Waals surface area contributed by atoms with Crippen molar-refractivity contribution < 1.29 is 9.32 Å². The summed E-state index contributed by atoms with van der Waals surface area (Å²) in [5.74, 6) is 1.47. The Morgan fingerprint density at radius 3 is 2.36 bits per heavy atom. The van der Waals surface area contributed by atoms with Gasteiger partial charge in [-0.25, -0.2) is 0 Å². The fourth-order valence-corrected chi connectivity index (χ4v) is 5.29. The molecule has 0 unspecified atom stereocenters. The summed E-state index contributed by atoms with van der Waals surface area (Å²) < 4.78 is 5.46. The first-order valence-electron chi connectivity index (χ1n) is 13.4. The second-order valence-electron chi connectivity index (χ2n) is 10.2. The molecule has 1 N–H and O–H groups in total. The van der Waals surface area contributed by atoms with Gasteiger partial charge in [0.05, 0.1) is 6.54 Å². The molecular weight excluding hydrogens is 450 g/mol. The lowest BCUT2D eigenvalue weighted by Crippen LogP contribution is -2.40. The first kappa shape index (κ1) is 24.7. The second kappa shape index (κ2) is 12.3. The molecule has 3 heterocycles. The van der Waals surface area contributed by atoms with Crippen LogP contribution in [0.5, 0.6) is 0 Å². The van der Waals surface area contributed by atoms with E-state index in [1.54, 1.807) is 0 Å². The van der Waals surface area contributed by atoms with Gasteiger partial charge in [0.25, 0.3) is 0 Å². The molecule has 1 amide bonds. The lowest BCUT2D eigenvalue weighted by Gasteiger charge is -2.30.